The van der Waals surface area contributed by atoms with E-state index in [0.29, 0.717) is 6.42 Å². The molecule has 0 unspecified atom stereocenters. The molecule has 0 spiro atoms. The molecule has 3 heteroatoms. The van der Waals surface area contributed by atoms with E-state index in [1.807, 2.05) is 6.92 Å². The van der Waals surface area contributed by atoms with Gasteiger partial charge in [0.15, 0.2) is 0 Å². The largest absolute Gasteiger partial charge is 0.353 e. The summed E-state index contributed by atoms with van der Waals surface area (Å²) in [5, 5.41) is 5.75. The average molecular weight is 348 g/mol. The number of carbonyl (C=O) groups excluding carboxylic acids is 1. The van der Waals surface area contributed by atoms with Crippen molar-refractivity contribution in [2.24, 2.45) is 0 Å². The van der Waals surface area contributed by atoms with Gasteiger partial charge in [-0.3, -0.25) is 4.79 Å². The summed E-state index contributed by atoms with van der Waals surface area (Å²) >= 11 is 0. The molecule has 1 amide bonds. The van der Waals surface area contributed by atoms with Gasteiger partial charge in [0.05, 0.1) is 0 Å². The maximum absolute atomic E-state index is 11.8. The van der Waals surface area contributed by atoms with Crippen LogP contribution in [0.2, 0.25) is 0 Å². The topological polar surface area (TPSA) is 29.1 Å². The molecule has 0 bridgehead atoms. The summed E-state index contributed by atoms with van der Waals surface area (Å²) in [4.78, 5) is 11.8. The Balaban J connectivity index is 1.91. The Labute approximate surface area is 152 Å². The standard InChI is InChI=1S/C22H23NOP/c1-3-22(24)23-17(2)20-15-10-16-21(20)25(18-11-6-4-7-12-18)19-13-8-5-9-14-19/h4-17H,3H2,1-2H3,(H,23,24)/t17-/m1/s1. The van der Waals surface area contributed by atoms with E-state index in [-0.39, 0.29) is 11.9 Å². The molecule has 0 aliphatic heterocycles. The minimum atomic E-state index is -0.643. The fourth-order valence-electron chi connectivity index (χ4n) is 3.00. The van der Waals surface area contributed by atoms with Crippen molar-refractivity contribution in [2.45, 2.75) is 26.3 Å². The zero-order valence-electron chi connectivity index (χ0n) is 14.6. The number of carbonyl (C=O) groups is 1. The molecule has 2 aromatic rings. The van der Waals surface area contributed by atoms with Crippen LogP contribution in [-0.4, -0.2) is 11.9 Å². The summed E-state index contributed by atoms with van der Waals surface area (Å²) in [6, 6.07) is 21.3. The molecule has 5 radical (unpaired) electrons. The Morgan fingerprint density at radius 1 is 0.960 bits per heavy atom. The van der Waals surface area contributed by atoms with Gasteiger partial charge in [-0.25, -0.2) is 0 Å². The van der Waals surface area contributed by atoms with Crippen LogP contribution in [0.3, 0.4) is 0 Å². The molecule has 0 heterocycles. The summed E-state index contributed by atoms with van der Waals surface area (Å²) in [6.07, 6.45) is 6.94. The highest BCUT2D eigenvalue weighted by Gasteiger charge is 2.40. The number of nitrogens with one attached hydrogen (secondary N) is 1. The second-order valence-corrected chi connectivity index (χ2v) is 8.20. The molecule has 0 saturated heterocycles. The molecular weight excluding hydrogens is 325 g/mol. The second kappa shape index (κ2) is 8.63. The van der Waals surface area contributed by atoms with Crippen LogP contribution >= 0.6 is 7.92 Å². The number of benzene rings is 2. The zero-order chi connectivity index (χ0) is 17.6. The van der Waals surface area contributed by atoms with Crippen LogP contribution in [0.1, 0.15) is 20.3 Å². The zero-order valence-corrected chi connectivity index (χ0v) is 15.5. The number of hydrogen-bond donors (Lipinski definition) is 1. The normalized spacial score (nSPS) is 16.9. The first-order chi connectivity index (χ1) is 12.2. The number of rotatable bonds is 6. The van der Waals surface area contributed by atoms with E-state index < -0.39 is 7.92 Å². The van der Waals surface area contributed by atoms with Crippen LogP contribution < -0.4 is 15.9 Å². The third kappa shape index (κ3) is 4.30. The van der Waals surface area contributed by atoms with Gasteiger partial charge in [-0.2, -0.15) is 0 Å². The molecule has 2 nitrogen and oxygen atoms in total. The predicted molar refractivity (Wildman–Crippen MR) is 106 cm³/mol. The first-order valence-corrected chi connectivity index (χ1v) is 10.00. The Kier molecular flexibility index (Phi) is 6.26. The summed E-state index contributed by atoms with van der Waals surface area (Å²) in [5.74, 6) is 1.30. The third-order valence-corrected chi connectivity index (χ3v) is 6.78. The first-order valence-electron chi connectivity index (χ1n) is 8.66. The maximum atomic E-state index is 11.8. The van der Waals surface area contributed by atoms with Gasteiger partial charge in [-0.1, -0.05) is 67.6 Å². The van der Waals surface area contributed by atoms with Crippen molar-refractivity contribution >= 4 is 24.4 Å². The molecule has 127 valence electrons. The predicted octanol–water partition coefficient (Wildman–Crippen LogP) is 3.77. The van der Waals surface area contributed by atoms with Crippen LogP contribution in [0.4, 0.5) is 0 Å². The van der Waals surface area contributed by atoms with Gasteiger partial charge in [0.1, 0.15) is 0 Å². The SMILES string of the molecule is CCC(=O)N[C@H](C)[C]1[CH][CH][CH][C]1P(c1ccccc1)c1ccccc1. The summed E-state index contributed by atoms with van der Waals surface area (Å²) in [6.45, 7) is 3.95. The van der Waals surface area contributed by atoms with E-state index in [4.69, 9.17) is 0 Å². The molecular formula is C22H23NOP. The van der Waals surface area contributed by atoms with E-state index in [1.165, 1.54) is 22.2 Å². The van der Waals surface area contributed by atoms with Gasteiger partial charge in [-0.05, 0) is 44.7 Å². The van der Waals surface area contributed by atoms with E-state index >= 15 is 0 Å². The quantitative estimate of drug-likeness (QED) is 0.791. The number of hydrogen-bond acceptors (Lipinski definition) is 1. The first kappa shape index (κ1) is 18.1. The Hall–Kier alpha value is -1.66. The Bertz CT molecular complexity index is 633. The molecule has 3 rings (SSSR count). The van der Waals surface area contributed by atoms with Gasteiger partial charge in [0, 0.05) is 24.0 Å². The third-order valence-electron chi connectivity index (χ3n) is 4.26. The minimum absolute atomic E-state index is 0.00914. The molecule has 1 aliphatic carbocycles. The molecule has 1 fully saturated rings. The molecule has 1 atom stereocenters. The van der Waals surface area contributed by atoms with Gasteiger partial charge in [0.25, 0.3) is 0 Å². The van der Waals surface area contributed by atoms with E-state index in [1.54, 1.807) is 0 Å². The van der Waals surface area contributed by atoms with Crippen molar-refractivity contribution in [3.8, 4) is 0 Å². The van der Waals surface area contributed by atoms with Crippen LogP contribution in [0.5, 0.6) is 0 Å². The van der Waals surface area contributed by atoms with Crippen molar-refractivity contribution in [3.05, 3.63) is 91.5 Å². The van der Waals surface area contributed by atoms with Crippen molar-refractivity contribution in [1.82, 2.24) is 5.32 Å². The Morgan fingerprint density at radius 3 is 2.04 bits per heavy atom. The smallest absolute Gasteiger partial charge is 0.219 e. The van der Waals surface area contributed by atoms with Gasteiger partial charge in [0.2, 0.25) is 5.91 Å². The van der Waals surface area contributed by atoms with Crippen molar-refractivity contribution < 1.29 is 4.79 Å². The molecule has 1 N–H and O–H groups in total. The van der Waals surface area contributed by atoms with Crippen LogP contribution in [0.25, 0.3) is 0 Å². The lowest BCUT2D eigenvalue weighted by atomic mass is 9.99. The lowest BCUT2D eigenvalue weighted by Gasteiger charge is -2.32. The summed E-state index contributed by atoms with van der Waals surface area (Å²) in [5.41, 5.74) is 1.32. The van der Waals surface area contributed by atoms with Crippen molar-refractivity contribution in [3.63, 3.8) is 0 Å². The lowest BCUT2D eigenvalue weighted by molar-refractivity contribution is -0.121. The lowest BCUT2D eigenvalue weighted by Crippen LogP contribution is -2.38. The Morgan fingerprint density at radius 2 is 1.52 bits per heavy atom. The minimum Gasteiger partial charge on any atom is -0.353 e. The van der Waals surface area contributed by atoms with E-state index in [0.717, 1.165) is 0 Å². The monoisotopic (exact) mass is 348 g/mol. The van der Waals surface area contributed by atoms with E-state index in [9.17, 15) is 4.79 Å². The summed E-state index contributed by atoms with van der Waals surface area (Å²) in [7, 11) is -0.643. The van der Waals surface area contributed by atoms with Gasteiger partial charge >= 0.3 is 0 Å². The molecule has 2 aromatic carbocycles. The molecule has 1 aliphatic rings. The van der Waals surface area contributed by atoms with Gasteiger partial charge in [-0.15, -0.1) is 0 Å². The van der Waals surface area contributed by atoms with E-state index in [2.05, 4.69) is 92.2 Å². The fraction of sp³-hybridized carbons (Fsp3) is 0.182. The molecule has 1 saturated carbocycles. The van der Waals surface area contributed by atoms with Gasteiger partial charge < -0.3 is 5.32 Å². The average Bonchev–Trinajstić information content (AvgIpc) is 3.13. The highest BCUT2D eigenvalue weighted by molar-refractivity contribution is 7.76. The van der Waals surface area contributed by atoms with Crippen molar-refractivity contribution in [2.75, 3.05) is 0 Å². The fourth-order valence-corrected chi connectivity index (χ4v) is 5.55. The molecule has 0 aromatic heterocycles. The molecule has 25 heavy (non-hydrogen) atoms. The summed E-state index contributed by atoms with van der Waals surface area (Å²) < 4.78 is 0. The highest BCUT2D eigenvalue weighted by Crippen LogP contribution is 2.56. The van der Waals surface area contributed by atoms with Crippen LogP contribution in [-0.2, 0) is 4.79 Å². The second-order valence-electron chi connectivity index (χ2n) is 6.02. The maximum Gasteiger partial charge on any atom is 0.219 e. The van der Waals surface area contributed by atoms with Crippen LogP contribution in [0.15, 0.2) is 60.7 Å². The van der Waals surface area contributed by atoms with Crippen LogP contribution in [0, 0.1) is 30.8 Å². The highest BCUT2D eigenvalue weighted by atomic mass is 31.1. The number of amides is 1. The van der Waals surface area contributed by atoms with Crippen molar-refractivity contribution in [1.29, 1.82) is 0 Å².